The topological polar surface area (TPSA) is 74.8 Å². The zero-order valence-electron chi connectivity index (χ0n) is 34.8. The molecule has 0 radical (unpaired) electrons. The summed E-state index contributed by atoms with van der Waals surface area (Å²) < 4.78 is 0. The molecule has 59 heavy (non-hydrogen) atoms. The quantitative estimate of drug-likeness (QED) is 0.0449. The lowest BCUT2D eigenvalue weighted by Crippen LogP contribution is -2.41. The van der Waals surface area contributed by atoms with Crippen LogP contribution in [0.25, 0.3) is 43.1 Å². The maximum absolute atomic E-state index is 14.6. The summed E-state index contributed by atoms with van der Waals surface area (Å²) >= 11 is 0. The number of anilines is 2. The molecule has 7 aromatic carbocycles. The van der Waals surface area contributed by atoms with E-state index in [2.05, 4.69) is 39.8 Å². The molecule has 6 heteroatoms. The van der Waals surface area contributed by atoms with Crippen LogP contribution in [0.2, 0.25) is 0 Å². The summed E-state index contributed by atoms with van der Waals surface area (Å²) in [5, 5.41) is 6.51. The van der Waals surface area contributed by atoms with E-state index in [1.807, 2.05) is 78.9 Å². The summed E-state index contributed by atoms with van der Waals surface area (Å²) in [6.07, 6.45) is 14.1. The van der Waals surface area contributed by atoms with E-state index in [1.54, 1.807) is 0 Å². The van der Waals surface area contributed by atoms with Crippen molar-refractivity contribution in [2.45, 2.75) is 111 Å². The molecule has 9 rings (SSSR count). The number of nitrogens with zero attached hydrogens (tertiary/aromatic N) is 2. The van der Waals surface area contributed by atoms with Crippen molar-refractivity contribution in [3.8, 4) is 0 Å². The van der Waals surface area contributed by atoms with Gasteiger partial charge in [0.1, 0.15) is 0 Å². The summed E-state index contributed by atoms with van der Waals surface area (Å²) in [6.45, 7) is 8.67. The Bertz CT molecular complexity index is 2690. The zero-order valence-corrected chi connectivity index (χ0v) is 34.8. The SMILES string of the molecule is CCCCCCCCc1ccc(N2C(=O)c3ccc4c5ccc6c7c(ccc(c8ccc(c3c48)C2=O)c75)C(=O)N(c2ccc(CCCCCC)cc2)C6=O)c(C(C)C)c1. The second kappa shape index (κ2) is 15.7. The average Bonchev–Trinajstić information content (AvgIpc) is 3.25. The van der Waals surface area contributed by atoms with Crippen molar-refractivity contribution >= 4 is 78.1 Å². The Hall–Kier alpha value is -5.88. The highest BCUT2D eigenvalue weighted by molar-refractivity contribution is 6.45. The number of imide groups is 2. The molecule has 0 bridgehead atoms. The van der Waals surface area contributed by atoms with Crippen LogP contribution in [0.4, 0.5) is 11.4 Å². The van der Waals surface area contributed by atoms with Gasteiger partial charge in [-0.15, -0.1) is 0 Å². The van der Waals surface area contributed by atoms with E-state index in [9.17, 15) is 19.2 Å². The average molecular weight is 781 g/mol. The molecule has 0 aromatic heterocycles. The molecule has 0 fully saturated rings. The fourth-order valence-electron chi connectivity index (χ4n) is 9.82. The molecule has 0 unspecified atom stereocenters. The largest absolute Gasteiger partial charge is 0.268 e. The van der Waals surface area contributed by atoms with E-state index in [4.69, 9.17) is 0 Å². The van der Waals surface area contributed by atoms with Gasteiger partial charge in [-0.25, -0.2) is 9.80 Å². The number of unbranched alkanes of at least 4 members (excludes halogenated alkanes) is 8. The molecule has 7 aromatic rings. The van der Waals surface area contributed by atoms with Gasteiger partial charge in [0.25, 0.3) is 23.6 Å². The Morgan fingerprint density at radius 1 is 0.424 bits per heavy atom. The van der Waals surface area contributed by atoms with Crippen LogP contribution in [-0.4, -0.2) is 23.6 Å². The highest BCUT2D eigenvalue weighted by Gasteiger charge is 2.38. The summed E-state index contributed by atoms with van der Waals surface area (Å²) in [4.78, 5) is 60.4. The lowest BCUT2D eigenvalue weighted by atomic mass is 9.82. The van der Waals surface area contributed by atoms with Gasteiger partial charge in [-0.3, -0.25) is 19.2 Å². The molecule has 0 saturated carbocycles. The molecule has 0 saturated heterocycles. The molecule has 2 aliphatic heterocycles. The first-order chi connectivity index (χ1) is 28.7. The van der Waals surface area contributed by atoms with Gasteiger partial charge < -0.3 is 0 Å². The molecule has 2 aliphatic rings. The minimum Gasteiger partial charge on any atom is -0.268 e. The van der Waals surface area contributed by atoms with Crippen molar-refractivity contribution < 1.29 is 19.2 Å². The fraction of sp³-hybridized carbons (Fsp3) is 0.321. The second-order valence-electron chi connectivity index (χ2n) is 17.1. The van der Waals surface area contributed by atoms with E-state index < -0.39 is 0 Å². The van der Waals surface area contributed by atoms with Crippen LogP contribution in [0.15, 0.2) is 91.0 Å². The van der Waals surface area contributed by atoms with Crippen LogP contribution < -0.4 is 9.80 Å². The third-order valence-electron chi connectivity index (χ3n) is 12.9. The Labute approximate surface area is 346 Å². The standard InChI is InChI=1S/C53H52N2O4/c1-5-7-9-11-12-14-16-34-19-30-45(44(31-34)32(3)4)55-52(58)42-28-24-38-36-22-26-40-48-41(27-23-37(46(36)48)39-25-29-43(53(55)59)49(42)47(38)39)51(57)54(50(40)56)35-20-17-33(18-21-35)15-13-10-8-6-2/h17-32H,5-16H2,1-4H3. The Morgan fingerprint density at radius 3 is 1.31 bits per heavy atom. The summed E-state index contributed by atoms with van der Waals surface area (Å²) in [7, 11) is 0. The third kappa shape index (κ3) is 6.39. The molecular formula is C53H52N2O4. The van der Waals surface area contributed by atoms with E-state index >= 15 is 0 Å². The number of hydrogen-bond donors (Lipinski definition) is 0. The molecule has 6 nitrogen and oxygen atoms in total. The van der Waals surface area contributed by atoms with Crippen LogP contribution in [0.5, 0.6) is 0 Å². The first-order valence-electron chi connectivity index (χ1n) is 21.9. The molecular weight excluding hydrogens is 729 g/mol. The third-order valence-corrected chi connectivity index (χ3v) is 12.9. The van der Waals surface area contributed by atoms with Crippen LogP contribution in [0.3, 0.4) is 0 Å². The molecule has 0 N–H and O–H groups in total. The zero-order chi connectivity index (χ0) is 40.9. The molecule has 0 aliphatic carbocycles. The van der Waals surface area contributed by atoms with Crippen molar-refractivity contribution in [2.75, 3.05) is 9.80 Å². The van der Waals surface area contributed by atoms with E-state index in [0.29, 0.717) is 44.4 Å². The van der Waals surface area contributed by atoms with E-state index in [1.165, 1.54) is 72.3 Å². The maximum atomic E-state index is 14.6. The van der Waals surface area contributed by atoms with Crippen LogP contribution in [0.1, 0.15) is 156 Å². The minimum absolute atomic E-state index is 0.113. The molecule has 298 valence electrons. The highest BCUT2D eigenvalue weighted by Crippen LogP contribution is 2.47. The van der Waals surface area contributed by atoms with Gasteiger partial charge in [0.15, 0.2) is 0 Å². The van der Waals surface area contributed by atoms with Crippen LogP contribution >= 0.6 is 0 Å². The first-order valence-corrected chi connectivity index (χ1v) is 21.9. The van der Waals surface area contributed by atoms with Gasteiger partial charge >= 0.3 is 0 Å². The number of carbonyl (C=O) groups is 4. The lowest BCUT2D eigenvalue weighted by Gasteiger charge is -2.31. The van der Waals surface area contributed by atoms with Gasteiger partial charge in [0.05, 0.1) is 11.4 Å². The fourth-order valence-corrected chi connectivity index (χ4v) is 9.82. The summed E-state index contributed by atoms with van der Waals surface area (Å²) in [5.74, 6) is -1.22. The number of benzene rings is 7. The van der Waals surface area contributed by atoms with Crippen LogP contribution in [0, 0.1) is 0 Å². The number of rotatable bonds is 15. The molecule has 4 amide bonds. The van der Waals surface area contributed by atoms with Crippen molar-refractivity contribution in [1.29, 1.82) is 0 Å². The Kier molecular flexibility index (Phi) is 10.3. The molecule has 0 spiro atoms. The number of fused-ring (bicyclic) bond motifs is 2. The van der Waals surface area contributed by atoms with Gasteiger partial charge in [-0.2, -0.15) is 0 Å². The van der Waals surface area contributed by atoms with E-state index in [-0.39, 0.29) is 29.5 Å². The predicted molar refractivity (Wildman–Crippen MR) is 242 cm³/mol. The molecule has 0 atom stereocenters. The van der Waals surface area contributed by atoms with Crippen molar-refractivity contribution in [3.05, 3.63) is 130 Å². The Morgan fingerprint density at radius 2 is 0.831 bits per heavy atom. The second-order valence-corrected chi connectivity index (χ2v) is 17.1. The number of amides is 4. The van der Waals surface area contributed by atoms with Crippen molar-refractivity contribution in [1.82, 2.24) is 0 Å². The molecule has 2 heterocycles. The number of carbonyl (C=O) groups excluding carboxylic acids is 4. The highest BCUT2D eigenvalue weighted by atomic mass is 16.2. The Balaban J connectivity index is 1.09. The van der Waals surface area contributed by atoms with Crippen molar-refractivity contribution in [2.24, 2.45) is 0 Å². The maximum Gasteiger partial charge on any atom is 0.265 e. The van der Waals surface area contributed by atoms with Gasteiger partial charge in [-0.1, -0.05) is 128 Å². The predicted octanol–water partition coefficient (Wildman–Crippen LogP) is 13.5. The smallest absolute Gasteiger partial charge is 0.265 e. The van der Waals surface area contributed by atoms with Crippen LogP contribution in [-0.2, 0) is 12.8 Å². The van der Waals surface area contributed by atoms with Gasteiger partial charge in [0, 0.05) is 33.0 Å². The van der Waals surface area contributed by atoms with Gasteiger partial charge in [0.2, 0.25) is 0 Å². The minimum atomic E-state index is -0.342. The van der Waals surface area contributed by atoms with Crippen molar-refractivity contribution in [3.63, 3.8) is 0 Å². The lowest BCUT2D eigenvalue weighted by molar-refractivity contribution is 0.0877. The monoisotopic (exact) mass is 780 g/mol. The number of hydrogen-bond acceptors (Lipinski definition) is 4. The normalized spacial score (nSPS) is 14.1. The van der Waals surface area contributed by atoms with E-state index in [0.717, 1.165) is 63.6 Å². The number of aryl methyl sites for hydroxylation is 2. The van der Waals surface area contributed by atoms with Gasteiger partial charge in [-0.05, 0) is 123 Å². The first kappa shape index (κ1) is 38.6. The summed E-state index contributed by atoms with van der Waals surface area (Å²) in [5.41, 5.74) is 6.60. The summed E-state index contributed by atoms with van der Waals surface area (Å²) in [6, 6.07) is 29.3.